The second-order valence-corrected chi connectivity index (χ2v) is 7.42. The quantitative estimate of drug-likeness (QED) is 0.386. The van der Waals surface area contributed by atoms with Gasteiger partial charge in [0.2, 0.25) is 5.91 Å². The molecule has 156 valence electrons. The van der Waals surface area contributed by atoms with Crippen LogP contribution in [-0.2, 0) is 20.8 Å². The van der Waals surface area contributed by atoms with Gasteiger partial charge in [0.05, 0.1) is 23.6 Å². The molecule has 0 bridgehead atoms. The summed E-state index contributed by atoms with van der Waals surface area (Å²) < 4.78 is 9.98. The number of hydrogen-bond acceptors (Lipinski definition) is 7. The van der Waals surface area contributed by atoms with Crippen LogP contribution in [0.5, 0.6) is 0 Å². The molecule has 0 saturated carbocycles. The number of carbonyl (C=O) groups excluding carboxylic acids is 3. The van der Waals surface area contributed by atoms with Crippen molar-refractivity contribution in [2.45, 2.75) is 13.5 Å². The number of anilines is 1. The molecule has 8 nitrogen and oxygen atoms in total. The number of amides is 2. The van der Waals surface area contributed by atoms with Crippen LogP contribution in [0.1, 0.15) is 31.2 Å². The van der Waals surface area contributed by atoms with E-state index in [-0.39, 0.29) is 41.1 Å². The molecule has 29 heavy (non-hydrogen) atoms. The molecule has 0 fully saturated rings. The Balaban J connectivity index is 2.06. The second-order valence-electron chi connectivity index (χ2n) is 6.00. The predicted molar refractivity (Wildman–Crippen MR) is 112 cm³/mol. The summed E-state index contributed by atoms with van der Waals surface area (Å²) in [6, 6.07) is 7.29. The third-order valence-corrected chi connectivity index (χ3v) is 5.50. The number of hydrogen-bond donors (Lipinski definition) is 3. The zero-order chi connectivity index (χ0) is 21.4. The van der Waals surface area contributed by atoms with Gasteiger partial charge in [-0.3, -0.25) is 9.59 Å². The Bertz CT molecular complexity index is 900. The van der Waals surface area contributed by atoms with Crippen LogP contribution in [0.3, 0.4) is 0 Å². The lowest BCUT2D eigenvalue weighted by Crippen LogP contribution is -2.28. The monoisotopic (exact) mass is 439 g/mol. The Labute approximate surface area is 177 Å². The third-order valence-electron chi connectivity index (χ3n) is 3.91. The van der Waals surface area contributed by atoms with E-state index in [0.29, 0.717) is 17.1 Å². The number of rotatable bonds is 10. The molecule has 0 unspecified atom stereocenters. The minimum atomic E-state index is -0.684. The van der Waals surface area contributed by atoms with Gasteiger partial charge in [-0.25, -0.2) is 4.79 Å². The lowest BCUT2D eigenvalue weighted by molar-refractivity contribution is -0.115. The molecule has 2 aromatic rings. The summed E-state index contributed by atoms with van der Waals surface area (Å²) in [6.45, 7) is 2.23. The van der Waals surface area contributed by atoms with Gasteiger partial charge >= 0.3 is 5.97 Å². The first kappa shape index (κ1) is 22.8. The highest BCUT2D eigenvalue weighted by molar-refractivity contribution is 7.18. The van der Waals surface area contributed by atoms with Crippen LogP contribution in [0.2, 0.25) is 5.02 Å². The summed E-state index contributed by atoms with van der Waals surface area (Å²) in [5, 5.41) is 6.43. The fraction of sp³-hybridized carbons (Fsp3) is 0.316. The molecule has 1 aromatic heterocycles. The molecule has 1 aromatic carbocycles. The van der Waals surface area contributed by atoms with Gasteiger partial charge in [-0.05, 0) is 24.1 Å². The normalized spacial score (nSPS) is 10.6. The highest BCUT2D eigenvalue weighted by Crippen LogP contribution is 2.33. The van der Waals surface area contributed by atoms with E-state index in [4.69, 9.17) is 26.8 Å². The van der Waals surface area contributed by atoms with Gasteiger partial charge in [0.1, 0.15) is 11.6 Å². The number of nitrogens with two attached hydrogens (primary N) is 1. The summed E-state index contributed by atoms with van der Waals surface area (Å²) in [7, 11) is 1.48. The minimum Gasteiger partial charge on any atom is -0.460 e. The van der Waals surface area contributed by atoms with Crippen LogP contribution in [-0.4, -0.2) is 44.7 Å². The zero-order valence-corrected chi connectivity index (χ0v) is 17.6. The molecule has 0 atom stereocenters. The van der Waals surface area contributed by atoms with E-state index >= 15 is 0 Å². The molecular weight excluding hydrogens is 418 g/mol. The van der Waals surface area contributed by atoms with Gasteiger partial charge in [0.25, 0.3) is 5.91 Å². The number of ether oxygens (including phenoxy) is 2. The molecule has 0 aliphatic heterocycles. The van der Waals surface area contributed by atoms with E-state index < -0.39 is 11.9 Å². The molecule has 4 N–H and O–H groups in total. The minimum absolute atomic E-state index is 0.0216. The highest BCUT2D eigenvalue weighted by atomic mass is 35.5. The first-order chi connectivity index (χ1) is 13.8. The second kappa shape index (κ2) is 10.9. The van der Waals surface area contributed by atoms with E-state index in [1.54, 1.807) is 13.0 Å². The maximum Gasteiger partial charge on any atom is 0.341 e. The standard InChI is InChI=1S/C19H22ClN3O5S/c1-11-15(19(26)28-8-7-27-2)18(29-16(11)17(21)25)23-14(24)10-22-9-12-5-3-4-6-13(12)20/h3-6,22H,7-10H2,1-2H3,(H2,21,25)(H,23,24). The third kappa shape index (κ3) is 6.26. The lowest BCUT2D eigenvalue weighted by atomic mass is 10.1. The summed E-state index contributed by atoms with van der Waals surface area (Å²) in [5.74, 6) is -1.74. The molecule has 10 heteroatoms. The number of carbonyl (C=O) groups is 3. The van der Waals surface area contributed by atoms with Crippen LogP contribution < -0.4 is 16.4 Å². The first-order valence-electron chi connectivity index (χ1n) is 8.68. The molecule has 0 aliphatic rings. The van der Waals surface area contributed by atoms with Gasteiger partial charge in [-0.2, -0.15) is 0 Å². The highest BCUT2D eigenvalue weighted by Gasteiger charge is 2.25. The summed E-state index contributed by atoms with van der Waals surface area (Å²) in [6.07, 6.45) is 0. The van der Waals surface area contributed by atoms with Crippen molar-refractivity contribution in [3.05, 3.63) is 50.9 Å². The van der Waals surface area contributed by atoms with E-state index in [9.17, 15) is 14.4 Å². The van der Waals surface area contributed by atoms with Gasteiger partial charge in [0.15, 0.2) is 0 Å². The van der Waals surface area contributed by atoms with Gasteiger partial charge in [-0.15, -0.1) is 11.3 Å². The number of halogens is 1. The Hall–Kier alpha value is -2.46. The lowest BCUT2D eigenvalue weighted by Gasteiger charge is -2.09. The van der Waals surface area contributed by atoms with Crippen LogP contribution in [0.25, 0.3) is 0 Å². The molecule has 0 aliphatic carbocycles. The average Bonchev–Trinajstić information content (AvgIpc) is 2.99. The predicted octanol–water partition coefficient (Wildman–Crippen LogP) is 2.34. The fourth-order valence-electron chi connectivity index (χ4n) is 2.50. The van der Waals surface area contributed by atoms with E-state index in [2.05, 4.69) is 10.6 Å². The number of thiophene rings is 1. The number of nitrogens with one attached hydrogen (secondary N) is 2. The maximum atomic E-state index is 12.4. The molecule has 0 spiro atoms. The number of benzene rings is 1. The van der Waals surface area contributed by atoms with Gasteiger partial charge < -0.3 is 25.8 Å². The maximum absolute atomic E-state index is 12.4. The van der Waals surface area contributed by atoms with Gasteiger partial charge in [-0.1, -0.05) is 29.8 Å². The van der Waals surface area contributed by atoms with Crippen molar-refractivity contribution in [3.8, 4) is 0 Å². The molecule has 2 rings (SSSR count). The van der Waals surface area contributed by atoms with Crippen LogP contribution >= 0.6 is 22.9 Å². The smallest absolute Gasteiger partial charge is 0.341 e. The topological polar surface area (TPSA) is 120 Å². The van der Waals surface area contributed by atoms with Crippen molar-refractivity contribution in [2.75, 3.05) is 32.2 Å². The number of methoxy groups -OCH3 is 1. The molecule has 2 amide bonds. The van der Waals surface area contributed by atoms with Crippen molar-refractivity contribution >= 4 is 45.7 Å². The van der Waals surface area contributed by atoms with Gasteiger partial charge in [0, 0.05) is 18.7 Å². The van der Waals surface area contributed by atoms with Crippen molar-refractivity contribution in [1.82, 2.24) is 5.32 Å². The van der Waals surface area contributed by atoms with Crippen LogP contribution in [0.15, 0.2) is 24.3 Å². The Kier molecular flexibility index (Phi) is 8.59. The summed E-state index contributed by atoms with van der Waals surface area (Å²) >= 11 is 7.02. The van der Waals surface area contributed by atoms with Crippen molar-refractivity contribution in [3.63, 3.8) is 0 Å². The average molecular weight is 440 g/mol. The van der Waals surface area contributed by atoms with Crippen molar-refractivity contribution < 1.29 is 23.9 Å². The summed E-state index contributed by atoms with van der Waals surface area (Å²) in [4.78, 5) is 36.6. The SMILES string of the molecule is COCCOC(=O)c1c(NC(=O)CNCc2ccccc2Cl)sc(C(N)=O)c1C. The fourth-order valence-corrected chi connectivity index (χ4v) is 3.76. The summed E-state index contributed by atoms with van der Waals surface area (Å²) in [5.41, 5.74) is 6.70. The Morgan fingerprint density at radius 2 is 1.93 bits per heavy atom. The molecule has 0 radical (unpaired) electrons. The van der Waals surface area contributed by atoms with Crippen molar-refractivity contribution in [2.24, 2.45) is 5.73 Å². The zero-order valence-electron chi connectivity index (χ0n) is 16.0. The molecule has 0 saturated heterocycles. The largest absolute Gasteiger partial charge is 0.460 e. The van der Waals surface area contributed by atoms with Crippen LogP contribution in [0, 0.1) is 6.92 Å². The van der Waals surface area contributed by atoms with Crippen LogP contribution in [0.4, 0.5) is 5.00 Å². The van der Waals surface area contributed by atoms with E-state index in [1.807, 2.05) is 18.2 Å². The number of esters is 1. The number of primary amides is 1. The van der Waals surface area contributed by atoms with Crippen molar-refractivity contribution in [1.29, 1.82) is 0 Å². The first-order valence-corrected chi connectivity index (χ1v) is 9.87. The Morgan fingerprint density at radius 1 is 1.21 bits per heavy atom. The Morgan fingerprint density at radius 3 is 2.59 bits per heavy atom. The molecular formula is C19H22ClN3O5S. The molecule has 1 heterocycles. The van der Waals surface area contributed by atoms with E-state index in [0.717, 1.165) is 16.9 Å². The van der Waals surface area contributed by atoms with E-state index in [1.165, 1.54) is 7.11 Å².